The lowest BCUT2D eigenvalue weighted by Crippen LogP contribution is -2.51. The lowest BCUT2D eigenvalue weighted by molar-refractivity contribution is -0.114. The Bertz CT molecular complexity index is 483. The van der Waals surface area contributed by atoms with Crippen LogP contribution in [0.25, 0.3) is 0 Å². The Labute approximate surface area is 106 Å². The molecule has 1 amide bonds. The number of nitrogens with one attached hydrogen (secondary N) is 2. The van der Waals surface area contributed by atoms with Gasteiger partial charge in [0.25, 0.3) is 5.91 Å². The fraction of sp³-hybridized carbons (Fsp3) is 0.538. The summed E-state index contributed by atoms with van der Waals surface area (Å²) >= 11 is 0. The Morgan fingerprint density at radius 3 is 3.11 bits per heavy atom. The van der Waals surface area contributed by atoms with Crippen LogP contribution in [0.3, 0.4) is 0 Å². The molecule has 2 aliphatic heterocycles. The maximum atomic E-state index is 11.4. The van der Waals surface area contributed by atoms with E-state index >= 15 is 0 Å². The largest absolute Gasteiger partial charge is 0.366 e. The number of aliphatic imine (C=N–C) groups is 1. The van der Waals surface area contributed by atoms with E-state index in [0.29, 0.717) is 5.57 Å². The third-order valence-corrected chi connectivity index (χ3v) is 3.96. The van der Waals surface area contributed by atoms with E-state index in [1.807, 2.05) is 6.08 Å². The zero-order chi connectivity index (χ0) is 12.8. The van der Waals surface area contributed by atoms with E-state index in [1.54, 1.807) is 6.08 Å². The maximum Gasteiger partial charge on any atom is 0.250 e. The van der Waals surface area contributed by atoms with E-state index in [-0.39, 0.29) is 11.6 Å². The van der Waals surface area contributed by atoms with Crippen LogP contribution in [0.1, 0.15) is 26.2 Å². The Morgan fingerprint density at radius 2 is 2.44 bits per heavy atom. The van der Waals surface area contributed by atoms with Crippen molar-refractivity contribution in [1.82, 2.24) is 10.6 Å². The minimum Gasteiger partial charge on any atom is -0.366 e. The van der Waals surface area contributed by atoms with Crippen LogP contribution in [0.4, 0.5) is 0 Å². The average Bonchev–Trinajstić information content (AvgIpc) is 2.94. The molecule has 1 fully saturated rings. The van der Waals surface area contributed by atoms with Crippen LogP contribution >= 0.6 is 0 Å². The predicted octanol–water partition coefficient (Wildman–Crippen LogP) is 0.198. The molecule has 1 aliphatic carbocycles. The van der Waals surface area contributed by atoms with Crippen LogP contribution < -0.4 is 16.4 Å². The standard InChI is InChI=1S/C13H18N4O/c1-13(6-3-7-15-13)12-16-9-5-2-4-8(11(14)18)10(9)17-12/h2,4,9,15H,3,5-7H2,1H3,(H2,14,18)(H,16,17)/t9?,13-/m1/s1. The molecule has 5 heteroatoms. The molecule has 0 aromatic rings. The second kappa shape index (κ2) is 3.95. The smallest absolute Gasteiger partial charge is 0.250 e. The van der Waals surface area contributed by atoms with Crippen molar-refractivity contribution in [1.29, 1.82) is 0 Å². The molecule has 0 aromatic heterocycles. The quantitative estimate of drug-likeness (QED) is 0.651. The molecule has 0 aromatic carbocycles. The highest BCUT2D eigenvalue weighted by molar-refractivity contribution is 6.00. The van der Waals surface area contributed by atoms with Crippen LogP contribution in [0, 0.1) is 0 Å². The topological polar surface area (TPSA) is 79.5 Å². The number of fused-ring (bicyclic) bond motifs is 1. The Morgan fingerprint density at radius 1 is 1.61 bits per heavy atom. The summed E-state index contributed by atoms with van der Waals surface area (Å²) in [5.74, 6) is 0.546. The molecule has 0 spiro atoms. The minimum absolute atomic E-state index is 0.0902. The number of carbonyl (C=O) groups is 1. The monoisotopic (exact) mass is 246 g/mol. The van der Waals surface area contributed by atoms with Crippen LogP contribution in [0.5, 0.6) is 0 Å². The molecule has 4 N–H and O–H groups in total. The second-order valence-electron chi connectivity index (χ2n) is 5.32. The van der Waals surface area contributed by atoms with Gasteiger partial charge in [-0.05, 0) is 32.7 Å². The summed E-state index contributed by atoms with van der Waals surface area (Å²) in [6.07, 6.45) is 6.84. The van der Waals surface area contributed by atoms with Gasteiger partial charge in [0, 0.05) is 0 Å². The van der Waals surface area contributed by atoms with Gasteiger partial charge in [0.1, 0.15) is 5.84 Å². The van der Waals surface area contributed by atoms with E-state index < -0.39 is 5.91 Å². The molecule has 0 radical (unpaired) electrons. The number of amidine groups is 1. The van der Waals surface area contributed by atoms with Crippen molar-refractivity contribution in [3.05, 3.63) is 23.4 Å². The molecule has 2 atom stereocenters. The minimum atomic E-state index is -0.401. The van der Waals surface area contributed by atoms with Gasteiger partial charge in [-0.25, -0.2) is 4.99 Å². The van der Waals surface area contributed by atoms with Crippen LogP contribution in [0.2, 0.25) is 0 Å². The van der Waals surface area contributed by atoms with Crippen molar-refractivity contribution in [3.63, 3.8) is 0 Å². The van der Waals surface area contributed by atoms with Gasteiger partial charge in [-0.2, -0.15) is 0 Å². The SMILES string of the molecule is C[C@]1(C2=NC3=C(C(N)=O)C=CCC3N2)CCCN1. The third kappa shape index (κ3) is 1.66. The lowest BCUT2D eigenvalue weighted by atomic mass is 9.98. The number of carbonyl (C=O) groups excluding carboxylic acids is 1. The molecular formula is C13H18N4O. The molecule has 2 heterocycles. The van der Waals surface area contributed by atoms with Gasteiger partial charge in [-0.15, -0.1) is 0 Å². The zero-order valence-electron chi connectivity index (χ0n) is 10.5. The average molecular weight is 246 g/mol. The molecule has 3 aliphatic rings. The number of hydrogen-bond donors (Lipinski definition) is 3. The summed E-state index contributed by atoms with van der Waals surface area (Å²) in [5.41, 5.74) is 6.64. The Hall–Kier alpha value is -1.62. The summed E-state index contributed by atoms with van der Waals surface area (Å²) < 4.78 is 0. The Kier molecular flexibility index (Phi) is 2.52. The van der Waals surface area contributed by atoms with Gasteiger partial charge in [0.2, 0.25) is 0 Å². The fourth-order valence-corrected chi connectivity index (χ4v) is 2.88. The lowest BCUT2D eigenvalue weighted by Gasteiger charge is -2.25. The van der Waals surface area contributed by atoms with Crippen LogP contribution in [-0.2, 0) is 4.79 Å². The normalized spacial score (nSPS) is 34.3. The summed E-state index contributed by atoms with van der Waals surface area (Å²) in [5, 5.41) is 6.91. The van der Waals surface area contributed by atoms with Crippen molar-refractivity contribution >= 4 is 11.7 Å². The van der Waals surface area contributed by atoms with Crippen molar-refractivity contribution in [2.45, 2.75) is 37.8 Å². The van der Waals surface area contributed by atoms with Crippen LogP contribution in [0.15, 0.2) is 28.4 Å². The van der Waals surface area contributed by atoms with E-state index in [2.05, 4.69) is 22.5 Å². The first-order valence-corrected chi connectivity index (χ1v) is 6.41. The molecule has 0 bridgehead atoms. The molecule has 1 unspecified atom stereocenters. The van der Waals surface area contributed by atoms with Crippen LogP contribution in [-0.4, -0.2) is 29.9 Å². The number of nitrogens with two attached hydrogens (primary N) is 1. The van der Waals surface area contributed by atoms with Gasteiger partial charge >= 0.3 is 0 Å². The van der Waals surface area contributed by atoms with Gasteiger partial charge in [-0.3, -0.25) is 4.79 Å². The van der Waals surface area contributed by atoms with Gasteiger partial charge in [0.15, 0.2) is 0 Å². The molecule has 1 saturated heterocycles. The molecule has 0 saturated carbocycles. The van der Waals surface area contributed by atoms with Crippen molar-refractivity contribution < 1.29 is 4.79 Å². The van der Waals surface area contributed by atoms with Gasteiger partial charge < -0.3 is 16.4 Å². The van der Waals surface area contributed by atoms with Gasteiger partial charge in [0.05, 0.1) is 22.9 Å². The van der Waals surface area contributed by atoms with E-state index in [0.717, 1.165) is 37.3 Å². The second-order valence-corrected chi connectivity index (χ2v) is 5.32. The molecule has 18 heavy (non-hydrogen) atoms. The predicted molar refractivity (Wildman–Crippen MR) is 70.0 cm³/mol. The molecule has 96 valence electrons. The molecule has 3 rings (SSSR count). The first-order chi connectivity index (χ1) is 8.60. The van der Waals surface area contributed by atoms with Crippen molar-refractivity contribution in [2.24, 2.45) is 10.7 Å². The third-order valence-electron chi connectivity index (χ3n) is 3.96. The summed E-state index contributed by atoms with van der Waals surface area (Å²) in [4.78, 5) is 16.0. The number of amides is 1. The summed E-state index contributed by atoms with van der Waals surface area (Å²) in [6.45, 7) is 3.17. The first-order valence-electron chi connectivity index (χ1n) is 6.41. The Balaban J connectivity index is 1.98. The summed E-state index contributed by atoms with van der Waals surface area (Å²) in [7, 11) is 0. The highest BCUT2D eigenvalue weighted by atomic mass is 16.1. The highest BCUT2D eigenvalue weighted by Gasteiger charge is 2.39. The molecule has 5 nitrogen and oxygen atoms in total. The van der Waals surface area contributed by atoms with E-state index in [1.165, 1.54) is 0 Å². The van der Waals surface area contributed by atoms with Crippen molar-refractivity contribution in [3.8, 4) is 0 Å². The zero-order valence-corrected chi connectivity index (χ0v) is 10.5. The number of nitrogens with zero attached hydrogens (tertiary/aromatic N) is 1. The van der Waals surface area contributed by atoms with Gasteiger partial charge in [-0.1, -0.05) is 12.2 Å². The molecular weight excluding hydrogens is 228 g/mol. The number of rotatable bonds is 2. The van der Waals surface area contributed by atoms with E-state index in [9.17, 15) is 4.79 Å². The number of hydrogen-bond acceptors (Lipinski definition) is 4. The summed E-state index contributed by atoms with van der Waals surface area (Å²) in [6, 6.07) is 0.103. The highest BCUT2D eigenvalue weighted by Crippen LogP contribution is 2.30. The number of primary amides is 1. The maximum absolute atomic E-state index is 11.4. The fourth-order valence-electron chi connectivity index (χ4n) is 2.88. The van der Waals surface area contributed by atoms with Crippen molar-refractivity contribution in [2.75, 3.05) is 6.54 Å². The van der Waals surface area contributed by atoms with E-state index in [4.69, 9.17) is 5.73 Å². The first kappa shape index (κ1) is 11.5.